The average molecular weight is 362 g/mol. The lowest BCUT2D eigenvalue weighted by Gasteiger charge is -2.20. The molecule has 0 amide bonds. The molecule has 1 aliphatic rings. The lowest BCUT2D eigenvalue weighted by Crippen LogP contribution is -2.35. The molecule has 1 saturated heterocycles. The predicted molar refractivity (Wildman–Crippen MR) is 101 cm³/mol. The Balaban J connectivity index is 2.10. The fourth-order valence-electron chi connectivity index (χ4n) is 2.55. The van der Waals surface area contributed by atoms with Crippen LogP contribution in [0.25, 0.3) is 0 Å². The summed E-state index contributed by atoms with van der Waals surface area (Å²) in [6, 6.07) is 6.88. The van der Waals surface area contributed by atoms with Gasteiger partial charge in [0, 0.05) is 19.5 Å². The Bertz CT molecular complexity index is 758. The molecule has 2 rings (SSSR count). The first-order valence-electron chi connectivity index (χ1n) is 8.69. The Morgan fingerprint density at radius 1 is 1.36 bits per heavy atom. The Hall–Kier alpha value is -1.61. The maximum Gasteiger partial charge on any atom is 0.243 e. The number of rotatable bonds is 8. The van der Waals surface area contributed by atoms with E-state index in [4.69, 9.17) is 4.74 Å². The number of sulfonamides is 1. The topological polar surface area (TPSA) is 49.9 Å². The van der Waals surface area contributed by atoms with Crippen LogP contribution in [0, 0.1) is 18.8 Å². The van der Waals surface area contributed by atoms with Gasteiger partial charge < -0.3 is 4.74 Å². The highest BCUT2D eigenvalue weighted by Gasteiger charge is 2.52. The van der Waals surface area contributed by atoms with Crippen LogP contribution in [0.3, 0.4) is 0 Å². The molecular weight excluding hydrogens is 334 g/mol. The Morgan fingerprint density at radius 2 is 2.04 bits per heavy atom. The van der Waals surface area contributed by atoms with Gasteiger partial charge >= 0.3 is 0 Å². The zero-order valence-corrected chi connectivity index (χ0v) is 16.1. The van der Waals surface area contributed by atoms with E-state index in [2.05, 4.69) is 25.3 Å². The molecular formula is C20H27NO3S. The van der Waals surface area contributed by atoms with Crippen LogP contribution in [-0.4, -0.2) is 37.5 Å². The monoisotopic (exact) mass is 361 g/mol. The van der Waals surface area contributed by atoms with Crippen LogP contribution < -0.4 is 0 Å². The number of aryl methyl sites for hydroxylation is 1. The second-order valence-corrected chi connectivity index (χ2v) is 8.48. The largest absolute Gasteiger partial charge is 0.351 e. The Labute approximate surface area is 151 Å². The van der Waals surface area contributed by atoms with E-state index < -0.39 is 15.6 Å². The van der Waals surface area contributed by atoms with Crippen molar-refractivity contribution >= 4 is 10.0 Å². The van der Waals surface area contributed by atoms with Gasteiger partial charge in [-0.1, -0.05) is 43.0 Å². The SMILES string of the molecule is C=CCN(C[C@H]1O[C@@]1(C)C#CCCCC)S(=O)(=O)c1ccc(C)cc1. The van der Waals surface area contributed by atoms with Crippen LogP contribution in [0.1, 0.15) is 38.7 Å². The zero-order chi connectivity index (χ0) is 18.5. The molecule has 0 aliphatic carbocycles. The molecule has 2 atom stereocenters. The molecule has 1 fully saturated rings. The van der Waals surface area contributed by atoms with E-state index in [1.54, 1.807) is 30.3 Å². The van der Waals surface area contributed by atoms with Crippen molar-refractivity contribution in [2.75, 3.05) is 13.1 Å². The number of hydrogen-bond donors (Lipinski definition) is 0. The molecule has 0 bridgehead atoms. The summed E-state index contributed by atoms with van der Waals surface area (Å²) in [6.45, 7) is 10.2. The maximum atomic E-state index is 12.9. The predicted octanol–water partition coefficient (Wildman–Crippen LogP) is 3.52. The van der Waals surface area contributed by atoms with Gasteiger partial charge in [0.15, 0.2) is 5.60 Å². The van der Waals surface area contributed by atoms with Crippen molar-refractivity contribution in [2.45, 2.75) is 56.6 Å². The third-order valence-corrected chi connectivity index (χ3v) is 6.14. The van der Waals surface area contributed by atoms with Crippen molar-refractivity contribution in [1.82, 2.24) is 4.31 Å². The van der Waals surface area contributed by atoms with Crippen molar-refractivity contribution in [3.63, 3.8) is 0 Å². The minimum absolute atomic E-state index is 0.207. The summed E-state index contributed by atoms with van der Waals surface area (Å²) in [6.07, 6.45) is 4.41. The second kappa shape index (κ2) is 8.18. The molecule has 0 N–H and O–H groups in total. The standard InChI is InChI=1S/C20H27NO3S/c1-5-7-8-9-14-20(4)19(24-20)16-21(15-6-2)25(22,23)18-12-10-17(3)11-13-18/h6,10-13,19H,2,5,7-8,15-16H2,1,3-4H3/t19-,20+/m1/s1. The van der Waals surface area contributed by atoms with Crippen molar-refractivity contribution < 1.29 is 13.2 Å². The Morgan fingerprint density at radius 3 is 2.64 bits per heavy atom. The zero-order valence-electron chi connectivity index (χ0n) is 15.3. The van der Waals surface area contributed by atoms with Crippen molar-refractivity contribution in [3.8, 4) is 11.8 Å². The molecule has 5 heteroatoms. The summed E-state index contributed by atoms with van der Waals surface area (Å²) in [4.78, 5) is 0.288. The highest BCUT2D eigenvalue weighted by molar-refractivity contribution is 7.89. The number of nitrogens with zero attached hydrogens (tertiary/aromatic N) is 1. The third kappa shape index (κ3) is 4.94. The van der Waals surface area contributed by atoms with Crippen molar-refractivity contribution in [1.29, 1.82) is 0 Å². The first-order valence-corrected chi connectivity index (χ1v) is 10.1. The first-order chi connectivity index (χ1) is 11.8. The van der Waals surface area contributed by atoms with Crippen LogP contribution in [0.2, 0.25) is 0 Å². The highest BCUT2D eigenvalue weighted by Crippen LogP contribution is 2.37. The minimum Gasteiger partial charge on any atom is -0.351 e. The molecule has 0 saturated carbocycles. The molecule has 136 valence electrons. The normalized spacial score (nSPS) is 22.3. The smallest absolute Gasteiger partial charge is 0.243 e. The van der Waals surface area contributed by atoms with E-state index in [0.29, 0.717) is 0 Å². The van der Waals surface area contributed by atoms with Gasteiger partial charge in [-0.25, -0.2) is 8.42 Å². The fourth-order valence-corrected chi connectivity index (χ4v) is 3.96. The van der Waals surface area contributed by atoms with Crippen LogP contribution in [-0.2, 0) is 14.8 Å². The summed E-state index contributed by atoms with van der Waals surface area (Å²) in [5.74, 6) is 6.28. The van der Waals surface area contributed by atoms with E-state index in [0.717, 1.165) is 24.8 Å². The third-order valence-electron chi connectivity index (χ3n) is 4.30. The van der Waals surface area contributed by atoms with Gasteiger partial charge in [-0.3, -0.25) is 0 Å². The summed E-state index contributed by atoms with van der Waals surface area (Å²) >= 11 is 0. The van der Waals surface area contributed by atoms with Gasteiger partial charge in [0.2, 0.25) is 10.0 Å². The van der Waals surface area contributed by atoms with Crippen LogP contribution in [0.5, 0.6) is 0 Å². The number of hydrogen-bond acceptors (Lipinski definition) is 3. The Kier molecular flexibility index (Phi) is 6.45. The molecule has 25 heavy (non-hydrogen) atoms. The molecule has 1 aromatic carbocycles. The van der Waals surface area contributed by atoms with Crippen LogP contribution >= 0.6 is 0 Å². The fraction of sp³-hybridized carbons (Fsp3) is 0.500. The van der Waals surface area contributed by atoms with Gasteiger partial charge in [-0.2, -0.15) is 4.31 Å². The molecule has 0 radical (unpaired) electrons. The second-order valence-electron chi connectivity index (χ2n) is 6.54. The van der Waals surface area contributed by atoms with Crippen LogP contribution in [0.15, 0.2) is 41.8 Å². The van der Waals surface area contributed by atoms with E-state index in [1.165, 1.54) is 4.31 Å². The summed E-state index contributed by atoms with van der Waals surface area (Å²) in [7, 11) is -3.58. The van der Waals surface area contributed by atoms with E-state index in [1.807, 2.05) is 13.8 Å². The van der Waals surface area contributed by atoms with Gasteiger partial charge in [0.05, 0.1) is 4.90 Å². The van der Waals surface area contributed by atoms with Crippen molar-refractivity contribution in [3.05, 3.63) is 42.5 Å². The molecule has 0 aromatic heterocycles. The first kappa shape index (κ1) is 19.7. The quantitative estimate of drug-likeness (QED) is 0.308. The van der Waals surface area contributed by atoms with E-state index >= 15 is 0 Å². The molecule has 0 unspecified atom stereocenters. The lowest BCUT2D eigenvalue weighted by molar-refractivity contribution is 0.321. The van der Waals surface area contributed by atoms with Gasteiger partial charge in [-0.15, -0.1) is 12.5 Å². The number of ether oxygens (including phenoxy) is 1. The number of epoxide rings is 1. The van der Waals surface area contributed by atoms with Crippen molar-refractivity contribution in [2.24, 2.45) is 0 Å². The summed E-state index contributed by atoms with van der Waals surface area (Å²) < 4.78 is 32.9. The van der Waals surface area contributed by atoms with Crippen LogP contribution in [0.4, 0.5) is 0 Å². The maximum absolute atomic E-state index is 12.9. The van der Waals surface area contributed by atoms with Gasteiger partial charge in [0.1, 0.15) is 6.10 Å². The van der Waals surface area contributed by atoms with Gasteiger partial charge in [0.25, 0.3) is 0 Å². The molecule has 4 nitrogen and oxygen atoms in total. The summed E-state index contributed by atoms with van der Waals surface area (Å²) in [5, 5.41) is 0. The summed E-state index contributed by atoms with van der Waals surface area (Å²) in [5.41, 5.74) is 0.477. The highest BCUT2D eigenvalue weighted by atomic mass is 32.2. The van der Waals surface area contributed by atoms with E-state index in [-0.39, 0.29) is 24.1 Å². The number of unbranched alkanes of at least 4 members (excludes halogenated alkanes) is 2. The van der Waals surface area contributed by atoms with Gasteiger partial charge in [-0.05, 0) is 32.4 Å². The average Bonchev–Trinajstić information content (AvgIpc) is 3.21. The molecule has 1 heterocycles. The van der Waals surface area contributed by atoms with E-state index in [9.17, 15) is 8.42 Å². The minimum atomic E-state index is -3.58. The molecule has 1 aliphatic heterocycles. The molecule has 1 aromatic rings. The molecule has 0 spiro atoms. The lowest BCUT2D eigenvalue weighted by atomic mass is 10.1. The number of benzene rings is 1.